The van der Waals surface area contributed by atoms with Crippen LogP contribution in [0, 0.1) is 29.6 Å². The van der Waals surface area contributed by atoms with E-state index in [-0.39, 0.29) is 5.91 Å². The minimum Gasteiger partial charge on any atom is -0.490 e. The molecule has 4 aliphatic rings. The van der Waals surface area contributed by atoms with Gasteiger partial charge in [0, 0.05) is 11.6 Å². The van der Waals surface area contributed by atoms with Crippen molar-refractivity contribution in [2.75, 3.05) is 5.75 Å². The van der Waals surface area contributed by atoms with Crippen LogP contribution in [0.15, 0.2) is 24.3 Å². The van der Waals surface area contributed by atoms with Gasteiger partial charge >= 0.3 is 0 Å². The van der Waals surface area contributed by atoms with Crippen LogP contribution in [0.5, 0.6) is 5.75 Å². The molecule has 4 fully saturated rings. The monoisotopic (exact) mass is 413 g/mol. The van der Waals surface area contributed by atoms with E-state index in [4.69, 9.17) is 4.74 Å². The summed E-state index contributed by atoms with van der Waals surface area (Å²) in [4.78, 5) is 12.9. The van der Waals surface area contributed by atoms with E-state index >= 15 is 0 Å². The molecule has 4 aliphatic carbocycles. The van der Waals surface area contributed by atoms with Crippen LogP contribution in [-0.2, 0) is 0 Å². The molecule has 158 valence electrons. The van der Waals surface area contributed by atoms with Crippen LogP contribution in [0.25, 0.3) is 0 Å². The summed E-state index contributed by atoms with van der Waals surface area (Å²) >= 11 is 4.42. The largest absolute Gasteiger partial charge is 0.490 e. The Balaban J connectivity index is 1.17. The number of hydrogen-bond acceptors (Lipinski definition) is 3. The summed E-state index contributed by atoms with van der Waals surface area (Å²) in [6.45, 7) is 0. The summed E-state index contributed by atoms with van der Waals surface area (Å²) in [5.74, 6) is 6.15. The van der Waals surface area contributed by atoms with E-state index in [1.54, 1.807) is 0 Å². The van der Waals surface area contributed by atoms with Crippen molar-refractivity contribution >= 4 is 18.5 Å². The highest BCUT2D eigenvalue weighted by Gasteiger charge is 2.46. The number of nitrogens with one attached hydrogen (secondary N) is 1. The molecule has 5 unspecified atom stereocenters. The van der Waals surface area contributed by atoms with Crippen LogP contribution < -0.4 is 10.1 Å². The second kappa shape index (κ2) is 8.53. The highest BCUT2D eigenvalue weighted by atomic mass is 32.1. The van der Waals surface area contributed by atoms with Gasteiger partial charge in [0.25, 0.3) is 5.91 Å². The van der Waals surface area contributed by atoms with Gasteiger partial charge in [-0.25, -0.2) is 0 Å². The number of hydrogen-bond donors (Lipinski definition) is 2. The van der Waals surface area contributed by atoms with Crippen LogP contribution in [0.2, 0.25) is 0 Å². The van der Waals surface area contributed by atoms with Gasteiger partial charge in [-0.2, -0.15) is 12.6 Å². The Morgan fingerprint density at radius 1 is 0.931 bits per heavy atom. The van der Waals surface area contributed by atoms with Gasteiger partial charge in [-0.15, -0.1) is 0 Å². The zero-order valence-corrected chi connectivity index (χ0v) is 18.3. The summed E-state index contributed by atoms with van der Waals surface area (Å²) in [5, 5.41) is 3.41. The van der Waals surface area contributed by atoms with Gasteiger partial charge in [-0.3, -0.25) is 4.79 Å². The standard InChI is InChI=1S/C25H35NO2S/c27-25(26-24-10-3-17-11-18-13-20(12-17)23(24)14-18)19-4-8-22(9-5-19)28-21-6-1-16(15-29)2-7-21/h4-5,8-9,16-18,20-21,23-24,29H,1-3,6-7,10-15H2,(H,26,27). The maximum absolute atomic E-state index is 12.9. The van der Waals surface area contributed by atoms with Crippen LogP contribution >= 0.6 is 12.6 Å². The molecule has 1 aromatic rings. The Morgan fingerprint density at radius 2 is 1.69 bits per heavy atom. The number of rotatable bonds is 5. The Morgan fingerprint density at radius 3 is 2.45 bits per heavy atom. The molecule has 5 rings (SSSR count). The fourth-order valence-electron chi connectivity index (χ4n) is 6.83. The number of carbonyl (C=O) groups is 1. The third-order valence-electron chi connectivity index (χ3n) is 8.34. The van der Waals surface area contributed by atoms with Crippen molar-refractivity contribution in [3.63, 3.8) is 0 Å². The molecule has 5 atom stereocenters. The Bertz CT molecular complexity index is 712. The molecule has 0 aromatic heterocycles. The van der Waals surface area contributed by atoms with Gasteiger partial charge in [0.2, 0.25) is 0 Å². The van der Waals surface area contributed by atoms with Crippen molar-refractivity contribution in [1.82, 2.24) is 5.32 Å². The predicted molar refractivity (Wildman–Crippen MR) is 120 cm³/mol. The first-order valence-electron chi connectivity index (χ1n) is 11.9. The van der Waals surface area contributed by atoms with E-state index in [0.717, 1.165) is 53.6 Å². The maximum atomic E-state index is 12.9. The lowest BCUT2D eigenvalue weighted by atomic mass is 9.80. The third-order valence-corrected chi connectivity index (χ3v) is 8.86. The van der Waals surface area contributed by atoms with Crippen molar-refractivity contribution in [2.24, 2.45) is 29.6 Å². The Labute approximate surface area is 180 Å². The summed E-state index contributed by atoms with van der Waals surface area (Å²) in [7, 11) is 0. The molecule has 0 spiro atoms. The molecule has 0 saturated heterocycles. The first kappa shape index (κ1) is 19.8. The van der Waals surface area contributed by atoms with E-state index in [1.165, 1.54) is 51.4 Å². The Kier molecular flexibility index (Phi) is 5.82. The third kappa shape index (κ3) is 4.33. The fourth-order valence-corrected chi connectivity index (χ4v) is 7.20. The van der Waals surface area contributed by atoms with E-state index in [1.807, 2.05) is 24.3 Å². The number of ether oxygens (including phenoxy) is 1. The zero-order valence-electron chi connectivity index (χ0n) is 17.4. The lowest BCUT2D eigenvalue weighted by Gasteiger charge is -2.28. The molecule has 1 aromatic carbocycles. The van der Waals surface area contributed by atoms with Gasteiger partial charge in [0.1, 0.15) is 5.75 Å². The second-order valence-corrected chi connectivity index (χ2v) is 10.6. The molecule has 4 saturated carbocycles. The zero-order chi connectivity index (χ0) is 19.8. The minimum absolute atomic E-state index is 0.0945. The summed E-state index contributed by atoms with van der Waals surface area (Å²) in [6.07, 6.45) is 13.0. The van der Waals surface area contributed by atoms with Crippen molar-refractivity contribution < 1.29 is 9.53 Å². The van der Waals surface area contributed by atoms with Crippen LogP contribution in [0.1, 0.15) is 74.6 Å². The number of fused-ring (bicyclic) bond motifs is 2. The van der Waals surface area contributed by atoms with E-state index in [2.05, 4.69) is 17.9 Å². The first-order chi connectivity index (χ1) is 14.2. The van der Waals surface area contributed by atoms with Crippen molar-refractivity contribution in [3.8, 4) is 5.75 Å². The maximum Gasteiger partial charge on any atom is 0.251 e. The quantitative estimate of drug-likeness (QED) is 0.626. The number of benzene rings is 1. The molecular formula is C25H35NO2S. The van der Waals surface area contributed by atoms with Crippen molar-refractivity contribution in [1.29, 1.82) is 0 Å². The molecule has 3 nitrogen and oxygen atoms in total. The molecular weight excluding hydrogens is 378 g/mol. The molecule has 29 heavy (non-hydrogen) atoms. The molecule has 0 aliphatic heterocycles. The number of carbonyl (C=O) groups excluding carboxylic acids is 1. The average molecular weight is 414 g/mol. The summed E-state index contributed by atoms with van der Waals surface area (Å²) in [5.41, 5.74) is 0.764. The molecule has 4 heteroatoms. The second-order valence-electron chi connectivity index (χ2n) is 10.2. The normalized spacial score (nSPS) is 38.4. The lowest BCUT2D eigenvalue weighted by Crippen LogP contribution is -2.41. The number of thiol groups is 1. The van der Waals surface area contributed by atoms with E-state index in [9.17, 15) is 4.79 Å². The Hall–Kier alpha value is -1.16. The van der Waals surface area contributed by atoms with Crippen LogP contribution in [0.3, 0.4) is 0 Å². The highest BCUT2D eigenvalue weighted by molar-refractivity contribution is 7.80. The smallest absolute Gasteiger partial charge is 0.251 e. The van der Waals surface area contributed by atoms with Gasteiger partial charge in [0.15, 0.2) is 0 Å². The first-order valence-corrected chi connectivity index (χ1v) is 12.5. The summed E-state index contributed by atoms with van der Waals surface area (Å²) in [6, 6.07) is 8.19. The minimum atomic E-state index is 0.0945. The van der Waals surface area contributed by atoms with E-state index in [0.29, 0.717) is 18.1 Å². The molecule has 1 amide bonds. The van der Waals surface area contributed by atoms with Crippen molar-refractivity contribution in [3.05, 3.63) is 29.8 Å². The predicted octanol–water partition coefficient (Wildman–Crippen LogP) is 5.50. The summed E-state index contributed by atoms with van der Waals surface area (Å²) < 4.78 is 6.17. The SMILES string of the molecule is O=C(NC1CCC2CC3CC(C2)C1C3)c1ccc(OC2CCC(CS)CC2)cc1. The van der Waals surface area contributed by atoms with Crippen molar-refractivity contribution in [2.45, 2.75) is 76.4 Å². The van der Waals surface area contributed by atoms with Gasteiger partial charge in [-0.1, -0.05) is 0 Å². The van der Waals surface area contributed by atoms with Gasteiger partial charge in [-0.05, 0) is 124 Å². The average Bonchev–Trinajstić information content (AvgIpc) is 2.99. The van der Waals surface area contributed by atoms with Gasteiger partial charge in [0.05, 0.1) is 6.10 Å². The van der Waals surface area contributed by atoms with Crippen LogP contribution in [0.4, 0.5) is 0 Å². The molecule has 3 bridgehead atoms. The number of amides is 1. The molecule has 1 N–H and O–H groups in total. The van der Waals surface area contributed by atoms with Crippen LogP contribution in [-0.4, -0.2) is 23.8 Å². The van der Waals surface area contributed by atoms with E-state index < -0.39 is 0 Å². The molecule has 0 heterocycles. The topological polar surface area (TPSA) is 38.3 Å². The lowest BCUT2D eigenvalue weighted by molar-refractivity contribution is 0.0912. The fraction of sp³-hybridized carbons (Fsp3) is 0.720. The molecule has 0 radical (unpaired) electrons. The van der Waals surface area contributed by atoms with Gasteiger partial charge < -0.3 is 10.1 Å². The highest BCUT2D eigenvalue weighted by Crippen LogP contribution is 2.53.